The van der Waals surface area contributed by atoms with Crippen LogP contribution < -0.4 is 0 Å². The van der Waals surface area contributed by atoms with Crippen LogP contribution in [0.1, 0.15) is 5.56 Å². The second kappa shape index (κ2) is 11.6. The molecular formula is C53H34. The summed E-state index contributed by atoms with van der Waals surface area (Å²) < 4.78 is 0. The summed E-state index contributed by atoms with van der Waals surface area (Å²) in [4.78, 5) is 0. The monoisotopic (exact) mass is 670 g/mol. The van der Waals surface area contributed by atoms with Gasteiger partial charge in [0.05, 0.1) is 0 Å². The standard InChI is InChI=1S/C53H34/c1-33-42(40-25-23-34-13-8-10-19-38(34)31-40)27-29-46-48(33)50(37-17-6-3-7-18-37)53-45-22-12-21-44-43(41-26-24-35-14-9-11-20-39(35)32-41)28-30-47(51(44)45)52(53)49(46)36-15-4-2-5-16-36/h2-32H,1H3. The van der Waals surface area contributed by atoms with E-state index in [-0.39, 0.29) is 0 Å². The summed E-state index contributed by atoms with van der Waals surface area (Å²) in [5.74, 6) is 0. The number of fused-ring (bicyclic) bond motifs is 6. The highest BCUT2D eigenvalue weighted by molar-refractivity contribution is 6.29. The lowest BCUT2D eigenvalue weighted by molar-refractivity contribution is 1.50. The van der Waals surface area contributed by atoms with Gasteiger partial charge in [-0.25, -0.2) is 0 Å². The minimum atomic E-state index is 1.24. The molecule has 0 spiro atoms. The van der Waals surface area contributed by atoms with E-state index in [1.54, 1.807) is 0 Å². The fraction of sp³-hybridized carbons (Fsp3) is 0.0189. The van der Waals surface area contributed by atoms with Gasteiger partial charge in [0.25, 0.3) is 0 Å². The van der Waals surface area contributed by atoms with Crippen molar-refractivity contribution in [3.63, 3.8) is 0 Å². The van der Waals surface area contributed by atoms with Crippen molar-refractivity contribution in [1.82, 2.24) is 0 Å². The molecule has 1 aliphatic carbocycles. The van der Waals surface area contributed by atoms with E-state index in [9.17, 15) is 0 Å². The zero-order valence-corrected chi connectivity index (χ0v) is 29.4. The summed E-state index contributed by atoms with van der Waals surface area (Å²) in [6.07, 6.45) is 0. The third-order valence-electron chi connectivity index (χ3n) is 11.6. The lowest BCUT2D eigenvalue weighted by atomic mass is 9.80. The SMILES string of the molecule is Cc1c(-c2ccc3ccccc3c2)ccc2c(-c3ccccc3)c3c(c(-c4ccccc4)c12)-c1cccc2c(-c4ccc5ccccc5c4)ccc-3c12. The second-order valence-corrected chi connectivity index (χ2v) is 14.4. The van der Waals surface area contributed by atoms with Crippen molar-refractivity contribution in [2.75, 3.05) is 0 Å². The Morgan fingerprint density at radius 3 is 1.43 bits per heavy atom. The van der Waals surface area contributed by atoms with Crippen LogP contribution in [0, 0.1) is 6.92 Å². The third kappa shape index (κ3) is 4.49. The molecule has 0 bridgehead atoms. The molecule has 0 fully saturated rings. The van der Waals surface area contributed by atoms with Crippen LogP contribution in [0.3, 0.4) is 0 Å². The molecule has 0 saturated heterocycles. The fourth-order valence-corrected chi connectivity index (χ4v) is 9.19. The van der Waals surface area contributed by atoms with E-state index < -0.39 is 0 Å². The van der Waals surface area contributed by atoms with E-state index >= 15 is 0 Å². The Morgan fingerprint density at radius 2 is 0.774 bits per heavy atom. The number of hydrogen-bond acceptors (Lipinski definition) is 0. The molecule has 53 heavy (non-hydrogen) atoms. The van der Waals surface area contributed by atoms with Gasteiger partial charge in [-0.2, -0.15) is 0 Å². The van der Waals surface area contributed by atoms with Crippen molar-refractivity contribution < 1.29 is 0 Å². The van der Waals surface area contributed by atoms with E-state index in [0.717, 1.165) is 0 Å². The maximum absolute atomic E-state index is 2.39. The van der Waals surface area contributed by atoms with Gasteiger partial charge in [0.15, 0.2) is 0 Å². The molecule has 10 aromatic carbocycles. The molecule has 0 atom stereocenters. The molecule has 0 aliphatic heterocycles. The van der Waals surface area contributed by atoms with Gasteiger partial charge in [-0.05, 0) is 134 Å². The van der Waals surface area contributed by atoms with Gasteiger partial charge in [-0.15, -0.1) is 0 Å². The Morgan fingerprint density at radius 1 is 0.264 bits per heavy atom. The molecule has 0 heteroatoms. The van der Waals surface area contributed by atoms with E-state index in [0.29, 0.717) is 0 Å². The van der Waals surface area contributed by atoms with Crippen LogP contribution in [-0.2, 0) is 0 Å². The zero-order chi connectivity index (χ0) is 35.0. The third-order valence-corrected chi connectivity index (χ3v) is 11.6. The van der Waals surface area contributed by atoms with Crippen LogP contribution in [-0.4, -0.2) is 0 Å². The van der Waals surface area contributed by atoms with E-state index in [4.69, 9.17) is 0 Å². The summed E-state index contributed by atoms with van der Waals surface area (Å²) in [6, 6.07) is 69.7. The highest BCUT2D eigenvalue weighted by Gasteiger charge is 2.32. The minimum Gasteiger partial charge on any atom is -0.0622 e. The molecule has 0 amide bonds. The highest BCUT2D eigenvalue weighted by Crippen LogP contribution is 2.59. The van der Waals surface area contributed by atoms with Gasteiger partial charge in [-0.3, -0.25) is 0 Å². The van der Waals surface area contributed by atoms with Crippen molar-refractivity contribution >= 4 is 43.1 Å². The Balaban J connectivity index is 1.28. The first-order valence-electron chi connectivity index (χ1n) is 18.5. The number of rotatable bonds is 4. The molecule has 0 unspecified atom stereocenters. The molecular weight excluding hydrogens is 637 g/mol. The summed E-state index contributed by atoms with van der Waals surface area (Å²) in [5.41, 5.74) is 16.7. The quantitative estimate of drug-likeness (QED) is 0.175. The lowest BCUT2D eigenvalue weighted by Crippen LogP contribution is -1.97. The minimum absolute atomic E-state index is 1.24. The fourth-order valence-electron chi connectivity index (χ4n) is 9.19. The van der Waals surface area contributed by atoms with Crippen molar-refractivity contribution in [1.29, 1.82) is 0 Å². The van der Waals surface area contributed by atoms with Crippen molar-refractivity contribution in [3.05, 3.63) is 194 Å². The van der Waals surface area contributed by atoms with Gasteiger partial charge in [0.2, 0.25) is 0 Å². The number of benzene rings is 10. The summed E-state index contributed by atoms with van der Waals surface area (Å²) in [6.45, 7) is 2.33. The van der Waals surface area contributed by atoms with Crippen LogP contribution in [0.4, 0.5) is 0 Å². The summed E-state index contributed by atoms with van der Waals surface area (Å²) in [7, 11) is 0. The van der Waals surface area contributed by atoms with Gasteiger partial charge < -0.3 is 0 Å². The van der Waals surface area contributed by atoms with Crippen molar-refractivity contribution in [2.45, 2.75) is 6.92 Å². The average molecular weight is 671 g/mol. The maximum atomic E-state index is 2.39. The van der Waals surface area contributed by atoms with Crippen LogP contribution >= 0.6 is 0 Å². The lowest BCUT2D eigenvalue weighted by Gasteiger charge is -2.23. The van der Waals surface area contributed by atoms with Crippen LogP contribution in [0.25, 0.3) is 110 Å². The topological polar surface area (TPSA) is 0 Å². The zero-order valence-electron chi connectivity index (χ0n) is 29.4. The predicted molar refractivity (Wildman–Crippen MR) is 227 cm³/mol. The molecule has 10 aromatic rings. The summed E-state index contributed by atoms with van der Waals surface area (Å²) in [5, 5.41) is 10.3. The van der Waals surface area contributed by atoms with Crippen molar-refractivity contribution in [3.8, 4) is 66.8 Å². The second-order valence-electron chi connectivity index (χ2n) is 14.4. The molecule has 0 radical (unpaired) electrons. The smallest absolute Gasteiger partial charge is 0.000731 e. The first-order chi connectivity index (χ1) is 26.2. The predicted octanol–water partition coefficient (Wildman–Crippen LogP) is 14.9. The van der Waals surface area contributed by atoms with Crippen LogP contribution in [0.15, 0.2) is 188 Å². The van der Waals surface area contributed by atoms with E-state index in [1.165, 1.54) is 115 Å². The molecule has 0 heterocycles. The Hall–Kier alpha value is -6.76. The van der Waals surface area contributed by atoms with E-state index in [2.05, 4.69) is 195 Å². The number of hydrogen-bond donors (Lipinski definition) is 0. The molecule has 0 N–H and O–H groups in total. The molecule has 246 valence electrons. The Labute approximate surface area is 309 Å². The van der Waals surface area contributed by atoms with Gasteiger partial charge >= 0.3 is 0 Å². The first-order valence-corrected chi connectivity index (χ1v) is 18.5. The van der Waals surface area contributed by atoms with Gasteiger partial charge in [0.1, 0.15) is 0 Å². The largest absolute Gasteiger partial charge is 0.0622 e. The summed E-state index contributed by atoms with van der Waals surface area (Å²) >= 11 is 0. The highest BCUT2D eigenvalue weighted by atomic mass is 14.3. The first kappa shape index (κ1) is 29.9. The van der Waals surface area contributed by atoms with Crippen molar-refractivity contribution in [2.24, 2.45) is 0 Å². The maximum Gasteiger partial charge on any atom is -0.000731 e. The van der Waals surface area contributed by atoms with Crippen LogP contribution in [0.5, 0.6) is 0 Å². The molecule has 11 rings (SSSR count). The van der Waals surface area contributed by atoms with Gasteiger partial charge in [-0.1, -0.05) is 176 Å². The van der Waals surface area contributed by atoms with Crippen LogP contribution in [0.2, 0.25) is 0 Å². The van der Waals surface area contributed by atoms with Gasteiger partial charge in [0, 0.05) is 0 Å². The molecule has 0 saturated carbocycles. The normalized spacial score (nSPS) is 11.9. The molecule has 1 aliphatic rings. The Bertz CT molecular complexity index is 3090. The number of aryl methyl sites for hydroxylation is 1. The average Bonchev–Trinajstić information content (AvgIpc) is 3.55. The van der Waals surface area contributed by atoms with E-state index in [1.807, 2.05) is 0 Å². The molecule has 0 nitrogen and oxygen atoms in total. The Kier molecular flexibility index (Phi) is 6.57. The molecule has 0 aromatic heterocycles.